The van der Waals surface area contributed by atoms with Gasteiger partial charge in [0.1, 0.15) is 0 Å². The summed E-state index contributed by atoms with van der Waals surface area (Å²) < 4.78 is 0. The van der Waals surface area contributed by atoms with E-state index >= 15 is 0 Å². The van der Waals surface area contributed by atoms with Crippen LogP contribution < -0.4 is 10.6 Å². The highest BCUT2D eigenvalue weighted by Crippen LogP contribution is 2.31. The van der Waals surface area contributed by atoms with E-state index in [1.165, 1.54) is 21.7 Å². The van der Waals surface area contributed by atoms with Gasteiger partial charge in [0.15, 0.2) is 0 Å². The molecule has 0 unspecified atom stereocenters. The van der Waals surface area contributed by atoms with E-state index in [0.29, 0.717) is 6.54 Å². The molecule has 3 heteroatoms. The third kappa shape index (κ3) is 2.90. The van der Waals surface area contributed by atoms with Gasteiger partial charge in [-0.15, -0.1) is 11.8 Å². The van der Waals surface area contributed by atoms with Crippen LogP contribution in [0.1, 0.15) is 25.8 Å². The van der Waals surface area contributed by atoms with Crippen molar-refractivity contribution in [2.24, 2.45) is 5.73 Å². The summed E-state index contributed by atoms with van der Waals surface area (Å²) >= 11 is 1.88. The largest absolute Gasteiger partial charge is 0.367 e. The van der Waals surface area contributed by atoms with E-state index in [9.17, 15) is 0 Å². The lowest BCUT2D eigenvalue weighted by atomic mass is 10.1. The number of benzene rings is 1. The molecule has 0 amide bonds. The lowest BCUT2D eigenvalue weighted by Gasteiger charge is -2.30. The molecule has 1 aliphatic rings. The topological polar surface area (TPSA) is 29.3 Å². The molecule has 2 rings (SSSR count). The van der Waals surface area contributed by atoms with Crippen molar-refractivity contribution in [3.63, 3.8) is 0 Å². The monoisotopic (exact) mass is 262 g/mol. The Kier molecular flexibility index (Phi) is 4.72. The van der Waals surface area contributed by atoms with E-state index < -0.39 is 0 Å². The molecule has 98 valence electrons. The van der Waals surface area contributed by atoms with E-state index in [2.05, 4.69) is 43.0 Å². The van der Waals surface area contributed by atoms with Crippen molar-refractivity contribution in [1.82, 2.24) is 0 Å². The Balaban J connectivity index is 2.29. The summed E-state index contributed by atoms with van der Waals surface area (Å²) in [4.78, 5) is 3.78. The van der Waals surface area contributed by atoms with Crippen molar-refractivity contribution in [2.75, 3.05) is 23.7 Å². The van der Waals surface area contributed by atoms with E-state index in [0.717, 1.165) is 25.3 Å². The molecule has 18 heavy (non-hydrogen) atoms. The summed E-state index contributed by atoms with van der Waals surface area (Å²) in [6, 6.07) is 6.54. The average Bonchev–Trinajstić information content (AvgIpc) is 2.40. The predicted octanol–water partition coefficient (Wildman–Crippen LogP) is 3.41. The van der Waals surface area contributed by atoms with Crippen LogP contribution in [0.3, 0.4) is 0 Å². The standard InChI is InChI=1S/C15H22N2S/c1-3-18-15-6-4-5-14(13(15)11-16)17-9-7-12(2)8-10-17/h4-7H,3,8-11,16H2,1-2H3. The lowest BCUT2D eigenvalue weighted by molar-refractivity contribution is 0.779. The van der Waals surface area contributed by atoms with Gasteiger partial charge in [-0.2, -0.15) is 0 Å². The molecule has 0 bridgehead atoms. The minimum atomic E-state index is 0.623. The number of hydrogen-bond donors (Lipinski definition) is 1. The highest BCUT2D eigenvalue weighted by Gasteiger charge is 2.15. The van der Waals surface area contributed by atoms with Crippen LogP contribution in [-0.2, 0) is 6.54 Å². The maximum absolute atomic E-state index is 5.96. The fourth-order valence-corrected chi connectivity index (χ4v) is 3.18. The van der Waals surface area contributed by atoms with Crippen molar-refractivity contribution >= 4 is 17.4 Å². The molecule has 0 radical (unpaired) electrons. The normalized spacial score (nSPS) is 15.7. The van der Waals surface area contributed by atoms with E-state index in [4.69, 9.17) is 5.73 Å². The average molecular weight is 262 g/mol. The van der Waals surface area contributed by atoms with Crippen LogP contribution >= 0.6 is 11.8 Å². The third-order valence-electron chi connectivity index (χ3n) is 3.39. The summed E-state index contributed by atoms with van der Waals surface area (Å²) in [5.41, 5.74) is 10.1. The van der Waals surface area contributed by atoms with Crippen molar-refractivity contribution in [3.05, 3.63) is 35.4 Å². The Labute approximate surface area is 114 Å². The minimum Gasteiger partial charge on any atom is -0.367 e. The molecule has 0 saturated carbocycles. The van der Waals surface area contributed by atoms with E-state index in [1.54, 1.807) is 0 Å². The Morgan fingerprint density at radius 1 is 1.39 bits per heavy atom. The van der Waals surface area contributed by atoms with Crippen molar-refractivity contribution in [3.8, 4) is 0 Å². The zero-order valence-electron chi connectivity index (χ0n) is 11.3. The van der Waals surface area contributed by atoms with Crippen molar-refractivity contribution in [2.45, 2.75) is 31.7 Å². The molecule has 2 nitrogen and oxygen atoms in total. The van der Waals surface area contributed by atoms with Crippen molar-refractivity contribution in [1.29, 1.82) is 0 Å². The Morgan fingerprint density at radius 2 is 2.22 bits per heavy atom. The number of anilines is 1. The Morgan fingerprint density at radius 3 is 2.83 bits per heavy atom. The first-order valence-electron chi connectivity index (χ1n) is 6.61. The number of nitrogens with zero attached hydrogens (tertiary/aromatic N) is 1. The molecular weight excluding hydrogens is 240 g/mol. The minimum absolute atomic E-state index is 0.623. The molecule has 2 N–H and O–H groups in total. The molecular formula is C15H22N2S. The fraction of sp³-hybridized carbons (Fsp3) is 0.467. The van der Waals surface area contributed by atoms with Crippen molar-refractivity contribution < 1.29 is 0 Å². The van der Waals surface area contributed by atoms with Gasteiger partial charge in [0.2, 0.25) is 0 Å². The van der Waals surface area contributed by atoms with Crippen LogP contribution in [0.5, 0.6) is 0 Å². The summed E-state index contributed by atoms with van der Waals surface area (Å²) in [6.07, 6.45) is 3.48. The Hall–Kier alpha value is -0.930. The maximum Gasteiger partial charge on any atom is 0.0426 e. The second-order valence-corrected chi connectivity index (χ2v) is 5.94. The summed E-state index contributed by atoms with van der Waals surface area (Å²) in [7, 11) is 0. The first kappa shape index (κ1) is 13.5. The molecule has 1 aromatic carbocycles. The number of rotatable bonds is 4. The van der Waals surface area contributed by atoms with Crippen LogP contribution in [0.4, 0.5) is 5.69 Å². The van der Waals surface area contributed by atoms with Gasteiger partial charge >= 0.3 is 0 Å². The molecule has 1 aromatic rings. The summed E-state index contributed by atoms with van der Waals surface area (Å²) in [5.74, 6) is 1.09. The smallest absolute Gasteiger partial charge is 0.0426 e. The number of thioether (sulfide) groups is 1. The fourth-order valence-electron chi connectivity index (χ4n) is 2.34. The van der Waals surface area contributed by atoms with Crippen LogP contribution in [0, 0.1) is 0 Å². The van der Waals surface area contributed by atoms with Crippen LogP contribution in [0.2, 0.25) is 0 Å². The van der Waals surface area contributed by atoms with E-state index in [-0.39, 0.29) is 0 Å². The zero-order valence-corrected chi connectivity index (χ0v) is 12.1. The van der Waals surface area contributed by atoms with Crippen LogP contribution in [0.15, 0.2) is 34.7 Å². The molecule has 1 aliphatic heterocycles. The Bertz CT molecular complexity index is 440. The zero-order chi connectivity index (χ0) is 13.0. The highest BCUT2D eigenvalue weighted by atomic mass is 32.2. The summed E-state index contributed by atoms with van der Waals surface area (Å²) in [5, 5.41) is 0. The highest BCUT2D eigenvalue weighted by molar-refractivity contribution is 7.99. The second-order valence-electron chi connectivity index (χ2n) is 4.64. The molecule has 0 aromatic heterocycles. The first-order chi connectivity index (χ1) is 8.76. The molecule has 0 fully saturated rings. The first-order valence-corrected chi connectivity index (χ1v) is 7.60. The quantitative estimate of drug-likeness (QED) is 0.666. The van der Waals surface area contributed by atoms with Gasteiger partial charge in [-0.3, -0.25) is 0 Å². The third-order valence-corrected chi connectivity index (χ3v) is 4.37. The maximum atomic E-state index is 5.96. The van der Waals surface area contributed by atoms with Crippen LogP contribution in [-0.4, -0.2) is 18.8 Å². The number of nitrogens with two attached hydrogens (primary N) is 1. The predicted molar refractivity (Wildman–Crippen MR) is 81.3 cm³/mol. The van der Waals surface area contributed by atoms with Gasteiger partial charge in [0, 0.05) is 35.8 Å². The van der Waals surface area contributed by atoms with Gasteiger partial charge in [-0.25, -0.2) is 0 Å². The lowest BCUT2D eigenvalue weighted by Crippen LogP contribution is -2.29. The van der Waals surface area contributed by atoms with Gasteiger partial charge in [-0.05, 0) is 31.2 Å². The molecule has 0 spiro atoms. The van der Waals surface area contributed by atoms with Gasteiger partial charge in [0.25, 0.3) is 0 Å². The molecule has 0 saturated heterocycles. The SMILES string of the molecule is CCSc1cccc(N2CC=C(C)CC2)c1CN. The second kappa shape index (κ2) is 6.30. The molecule has 1 heterocycles. The molecule has 0 aliphatic carbocycles. The van der Waals surface area contributed by atoms with Crippen LogP contribution in [0.25, 0.3) is 0 Å². The van der Waals surface area contributed by atoms with E-state index in [1.807, 2.05) is 11.8 Å². The van der Waals surface area contributed by atoms with Gasteiger partial charge < -0.3 is 10.6 Å². The molecule has 0 atom stereocenters. The summed E-state index contributed by atoms with van der Waals surface area (Å²) in [6.45, 7) is 7.14. The number of hydrogen-bond acceptors (Lipinski definition) is 3. The van der Waals surface area contributed by atoms with Gasteiger partial charge in [0.05, 0.1) is 0 Å². The van der Waals surface area contributed by atoms with Gasteiger partial charge in [-0.1, -0.05) is 24.6 Å².